The summed E-state index contributed by atoms with van der Waals surface area (Å²) < 4.78 is 0. The number of anilines is 1. The molecule has 0 bridgehead atoms. The molecule has 4 rings (SSSR count). The molecule has 2 aromatic carbocycles. The maximum Gasteiger partial charge on any atom is 0.228 e. The number of carbonyl (C=O) groups is 2. The van der Waals surface area contributed by atoms with Crippen LogP contribution in [0.3, 0.4) is 0 Å². The molecule has 23 heavy (non-hydrogen) atoms. The topological polar surface area (TPSA) is 58.2 Å². The van der Waals surface area contributed by atoms with Crippen LogP contribution >= 0.6 is 0 Å². The van der Waals surface area contributed by atoms with Crippen LogP contribution in [0.4, 0.5) is 5.69 Å². The molecular formula is C19H18N2O2. The van der Waals surface area contributed by atoms with Crippen LogP contribution in [0.2, 0.25) is 0 Å². The summed E-state index contributed by atoms with van der Waals surface area (Å²) in [5.74, 6) is -0.549. The summed E-state index contributed by atoms with van der Waals surface area (Å²) >= 11 is 0. The Morgan fingerprint density at radius 3 is 2.35 bits per heavy atom. The highest BCUT2D eigenvalue weighted by Crippen LogP contribution is 2.32. The van der Waals surface area contributed by atoms with Crippen molar-refractivity contribution in [1.29, 1.82) is 0 Å². The zero-order valence-electron chi connectivity index (χ0n) is 12.7. The molecule has 2 aromatic rings. The third kappa shape index (κ3) is 2.61. The normalized spacial score (nSPS) is 19.7. The standard InChI is InChI=1S/C19H18N2O2/c22-18-11-16(15-7-3-4-8-17(15)21-18)19(23)20-14-9-12-5-1-2-6-13(12)10-14/h1-8,14,16H,9-11H2,(H,20,23)(H,21,22). The molecule has 1 heterocycles. The molecule has 0 saturated carbocycles. The second kappa shape index (κ2) is 5.54. The number of rotatable bonds is 2. The third-order valence-electron chi connectivity index (χ3n) is 4.71. The van der Waals surface area contributed by atoms with E-state index >= 15 is 0 Å². The average molecular weight is 306 g/mol. The lowest BCUT2D eigenvalue weighted by Gasteiger charge is -2.26. The molecule has 0 radical (unpaired) electrons. The molecule has 116 valence electrons. The molecule has 4 nitrogen and oxygen atoms in total. The minimum atomic E-state index is -0.399. The molecule has 1 aliphatic carbocycles. The van der Waals surface area contributed by atoms with Crippen molar-refractivity contribution in [1.82, 2.24) is 5.32 Å². The lowest BCUT2D eigenvalue weighted by atomic mass is 9.89. The van der Waals surface area contributed by atoms with Gasteiger partial charge in [-0.1, -0.05) is 42.5 Å². The second-order valence-electron chi connectivity index (χ2n) is 6.27. The zero-order valence-corrected chi connectivity index (χ0v) is 12.7. The van der Waals surface area contributed by atoms with Gasteiger partial charge in [-0.2, -0.15) is 0 Å². The average Bonchev–Trinajstić information content (AvgIpc) is 2.96. The fourth-order valence-corrected chi connectivity index (χ4v) is 3.61. The molecule has 2 aliphatic rings. The largest absolute Gasteiger partial charge is 0.352 e. The quantitative estimate of drug-likeness (QED) is 0.895. The fraction of sp³-hybridized carbons (Fsp3) is 0.263. The highest BCUT2D eigenvalue weighted by Gasteiger charge is 2.32. The first-order valence-electron chi connectivity index (χ1n) is 7.96. The SMILES string of the molecule is O=C1CC(C(=O)NC2Cc3ccccc3C2)c2ccccc2N1. The van der Waals surface area contributed by atoms with Gasteiger partial charge in [-0.05, 0) is 35.6 Å². The Kier molecular flexibility index (Phi) is 3.37. The lowest BCUT2D eigenvalue weighted by molar-refractivity contribution is -0.126. The van der Waals surface area contributed by atoms with Crippen molar-refractivity contribution in [3.05, 3.63) is 65.2 Å². The van der Waals surface area contributed by atoms with Gasteiger partial charge in [0.05, 0.1) is 5.92 Å². The number of nitrogens with one attached hydrogen (secondary N) is 2. The smallest absolute Gasteiger partial charge is 0.228 e. The Bertz CT molecular complexity index is 759. The highest BCUT2D eigenvalue weighted by molar-refractivity contribution is 6.01. The van der Waals surface area contributed by atoms with E-state index in [2.05, 4.69) is 22.8 Å². The molecule has 0 spiro atoms. The van der Waals surface area contributed by atoms with Crippen LogP contribution in [0.25, 0.3) is 0 Å². The van der Waals surface area contributed by atoms with Gasteiger partial charge in [0.1, 0.15) is 0 Å². The van der Waals surface area contributed by atoms with Gasteiger partial charge in [0.2, 0.25) is 11.8 Å². The Hall–Kier alpha value is -2.62. The number of hydrogen-bond acceptors (Lipinski definition) is 2. The summed E-state index contributed by atoms with van der Waals surface area (Å²) in [5, 5.41) is 5.97. The van der Waals surface area contributed by atoms with Gasteiger partial charge in [0, 0.05) is 18.2 Å². The van der Waals surface area contributed by atoms with Gasteiger partial charge in [-0.3, -0.25) is 9.59 Å². The summed E-state index contributed by atoms with van der Waals surface area (Å²) in [6.45, 7) is 0. The van der Waals surface area contributed by atoms with Crippen molar-refractivity contribution in [2.75, 3.05) is 5.32 Å². The number of fused-ring (bicyclic) bond motifs is 2. The first kappa shape index (κ1) is 14.0. The molecule has 0 saturated heterocycles. The number of amides is 2. The van der Waals surface area contributed by atoms with Crippen molar-refractivity contribution in [3.63, 3.8) is 0 Å². The lowest BCUT2D eigenvalue weighted by Crippen LogP contribution is -2.41. The summed E-state index contributed by atoms with van der Waals surface area (Å²) in [4.78, 5) is 24.6. The van der Waals surface area contributed by atoms with Crippen molar-refractivity contribution in [2.24, 2.45) is 0 Å². The molecular weight excluding hydrogens is 288 g/mol. The van der Waals surface area contributed by atoms with Gasteiger partial charge >= 0.3 is 0 Å². The number of benzene rings is 2. The number of hydrogen-bond donors (Lipinski definition) is 2. The molecule has 1 unspecified atom stereocenters. The Labute approximate surface area is 134 Å². The monoisotopic (exact) mass is 306 g/mol. The van der Waals surface area contributed by atoms with Crippen LogP contribution < -0.4 is 10.6 Å². The van der Waals surface area contributed by atoms with E-state index in [1.54, 1.807) is 0 Å². The van der Waals surface area contributed by atoms with Gasteiger partial charge < -0.3 is 10.6 Å². The first-order valence-corrected chi connectivity index (χ1v) is 7.96. The van der Waals surface area contributed by atoms with Gasteiger partial charge in [-0.25, -0.2) is 0 Å². The van der Waals surface area contributed by atoms with Crippen molar-refractivity contribution in [3.8, 4) is 0 Å². The number of carbonyl (C=O) groups excluding carboxylic acids is 2. The summed E-state index contributed by atoms with van der Waals surface area (Å²) in [6.07, 6.45) is 1.94. The van der Waals surface area contributed by atoms with Gasteiger partial charge in [-0.15, -0.1) is 0 Å². The Morgan fingerprint density at radius 1 is 0.957 bits per heavy atom. The van der Waals surface area contributed by atoms with E-state index in [0.29, 0.717) is 0 Å². The van der Waals surface area contributed by atoms with Crippen molar-refractivity contribution < 1.29 is 9.59 Å². The molecule has 4 heteroatoms. The highest BCUT2D eigenvalue weighted by atomic mass is 16.2. The van der Waals surface area contributed by atoms with Crippen LogP contribution in [0, 0.1) is 0 Å². The summed E-state index contributed by atoms with van der Waals surface area (Å²) in [7, 11) is 0. The van der Waals surface area contributed by atoms with E-state index in [1.165, 1.54) is 11.1 Å². The maximum absolute atomic E-state index is 12.7. The van der Waals surface area contributed by atoms with E-state index in [-0.39, 0.29) is 24.3 Å². The van der Waals surface area contributed by atoms with Gasteiger partial charge in [0.25, 0.3) is 0 Å². The van der Waals surface area contributed by atoms with Crippen molar-refractivity contribution in [2.45, 2.75) is 31.2 Å². The molecule has 0 aromatic heterocycles. The van der Waals surface area contributed by atoms with Crippen LogP contribution in [0.1, 0.15) is 29.0 Å². The van der Waals surface area contributed by atoms with E-state index in [0.717, 1.165) is 24.1 Å². The fourth-order valence-electron chi connectivity index (χ4n) is 3.61. The molecule has 1 aliphatic heterocycles. The van der Waals surface area contributed by atoms with Gasteiger partial charge in [0.15, 0.2) is 0 Å². The zero-order chi connectivity index (χ0) is 15.8. The summed E-state index contributed by atoms with van der Waals surface area (Å²) in [5.41, 5.74) is 4.26. The third-order valence-corrected chi connectivity index (χ3v) is 4.71. The van der Waals surface area contributed by atoms with E-state index < -0.39 is 5.92 Å². The second-order valence-corrected chi connectivity index (χ2v) is 6.27. The predicted molar refractivity (Wildman–Crippen MR) is 88.2 cm³/mol. The molecule has 2 N–H and O–H groups in total. The van der Waals surface area contributed by atoms with E-state index in [9.17, 15) is 9.59 Å². The van der Waals surface area contributed by atoms with E-state index in [4.69, 9.17) is 0 Å². The minimum absolute atomic E-state index is 0.0508. The van der Waals surface area contributed by atoms with Crippen LogP contribution in [0.5, 0.6) is 0 Å². The van der Waals surface area contributed by atoms with Crippen LogP contribution in [0.15, 0.2) is 48.5 Å². The first-order chi connectivity index (χ1) is 11.2. The van der Waals surface area contributed by atoms with E-state index in [1.807, 2.05) is 36.4 Å². The molecule has 1 atom stereocenters. The molecule has 0 fully saturated rings. The minimum Gasteiger partial charge on any atom is -0.352 e. The Balaban J connectivity index is 1.51. The summed E-state index contributed by atoms with van der Waals surface area (Å²) in [6, 6.07) is 16.0. The van der Waals surface area contributed by atoms with Crippen LogP contribution in [-0.4, -0.2) is 17.9 Å². The van der Waals surface area contributed by atoms with Crippen LogP contribution in [-0.2, 0) is 22.4 Å². The predicted octanol–water partition coefficient (Wildman–Crippen LogP) is 2.40. The molecule has 2 amide bonds. The van der Waals surface area contributed by atoms with Crippen molar-refractivity contribution >= 4 is 17.5 Å². The Morgan fingerprint density at radius 2 is 1.61 bits per heavy atom. The maximum atomic E-state index is 12.7. The number of para-hydroxylation sites is 1.